The molecule has 0 N–H and O–H groups in total. The van der Waals surface area contributed by atoms with E-state index in [2.05, 4.69) is 10.3 Å². The maximum Gasteiger partial charge on any atom is 0.254 e. The van der Waals surface area contributed by atoms with Crippen molar-refractivity contribution in [3.63, 3.8) is 0 Å². The lowest BCUT2D eigenvalue weighted by molar-refractivity contribution is -0.117. The molecule has 1 aliphatic rings. The van der Waals surface area contributed by atoms with Gasteiger partial charge in [0.05, 0.1) is 16.5 Å². The fourth-order valence-corrected chi connectivity index (χ4v) is 3.15. The first kappa shape index (κ1) is 15.7. The molecule has 1 fully saturated rings. The Hall–Kier alpha value is -2.80. The minimum Gasteiger partial charge on any atom is -0.312 e. The molecule has 1 aliphatic heterocycles. The topological polar surface area (TPSA) is 68.1 Å². The summed E-state index contributed by atoms with van der Waals surface area (Å²) in [5.41, 5.74) is 1.68. The lowest BCUT2D eigenvalue weighted by atomic mass is 10.1. The highest BCUT2D eigenvalue weighted by molar-refractivity contribution is 6.31. The molecule has 8 heteroatoms. The van der Waals surface area contributed by atoms with Crippen LogP contribution in [-0.2, 0) is 4.79 Å². The molecule has 3 aromatic rings. The van der Waals surface area contributed by atoms with Crippen molar-refractivity contribution < 1.29 is 14.0 Å². The van der Waals surface area contributed by atoms with E-state index in [9.17, 15) is 14.0 Å². The normalized spacial score (nSPS) is 17.4. The Morgan fingerprint density at radius 2 is 2.04 bits per heavy atom. The van der Waals surface area contributed by atoms with Crippen LogP contribution >= 0.6 is 11.6 Å². The van der Waals surface area contributed by atoms with Gasteiger partial charge in [0, 0.05) is 18.7 Å². The number of hydrogen-bond donors (Lipinski definition) is 0. The SMILES string of the molecule is O=C1CC(C(=O)n2nnc3ccccc32)CN1c1ccc(F)c(Cl)c1. The second kappa shape index (κ2) is 5.93. The summed E-state index contributed by atoms with van der Waals surface area (Å²) in [7, 11) is 0. The van der Waals surface area contributed by atoms with Crippen molar-refractivity contribution >= 4 is 40.1 Å². The van der Waals surface area contributed by atoms with Crippen molar-refractivity contribution in [3.8, 4) is 0 Å². The summed E-state index contributed by atoms with van der Waals surface area (Å²) < 4.78 is 14.5. The summed E-state index contributed by atoms with van der Waals surface area (Å²) in [6.45, 7) is 0.188. The number of nitrogens with zero attached hydrogens (tertiary/aromatic N) is 4. The molecule has 1 atom stereocenters. The van der Waals surface area contributed by atoms with Gasteiger partial charge in [0.1, 0.15) is 11.3 Å². The van der Waals surface area contributed by atoms with Crippen LogP contribution in [0.2, 0.25) is 5.02 Å². The number of benzene rings is 2. The fourth-order valence-electron chi connectivity index (χ4n) is 2.98. The van der Waals surface area contributed by atoms with Crippen molar-refractivity contribution in [1.29, 1.82) is 0 Å². The molecule has 1 aromatic heterocycles. The summed E-state index contributed by atoms with van der Waals surface area (Å²) in [5, 5.41) is 7.80. The van der Waals surface area contributed by atoms with Gasteiger partial charge in [0.15, 0.2) is 0 Å². The third-order valence-electron chi connectivity index (χ3n) is 4.25. The summed E-state index contributed by atoms with van der Waals surface area (Å²) in [5.74, 6) is -1.62. The third-order valence-corrected chi connectivity index (χ3v) is 4.54. The zero-order valence-electron chi connectivity index (χ0n) is 12.9. The number of amides is 1. The van der Waals surface area contributed by atoms with Crippen LogP contribution in [0.25, 0.3) is 11.0 Å². The highest BCUT2D eigenvalue weighted by Crippen LogP contribution is 2.29. The minimum atomic E-state index is -0.557. The van der Waals surface area contributed by atoms with Crippen LogP contribution in [0.5, 0.6) is 0 Å². The summed E-state index contributed by atoms with van der Waals surface area (Å²) in [6.07, 6.45) is 0.0576. The molecule has 25 heavy (non-hydrogen) atoms. The number of halogens is 2. The van der Waals surface area contributed by atoms with E-state index in [1.165, 1.54) is 27.8 Å². The van der Waals surface area contributed by atoms with Crippen LogP contribution in [0.15, 0.2) is 42.5 Å². The van der Waals surface area contributed by atoms with E-state index in [4.69, 9.17) is 11.6 Å². The number of para-hydroxylation sites is 1. The molecule has 0 aliphatic carbocycles. The average molecular weight is 359 g/mol. The summed E-state index contributed by atoms with van der Waals surface area (Å²) in [4.78, 5) is 26.5. The summed E-state index contributed by atoms with van der Waals surface area (Å²) in [6, 6.07) is 11.2. The predicted octanol–water partition coefficient (Wildman–Crippen LogP) is 2.92. The maximum atomic E-state index is 13.3. The van der Waals surface area contributed by atoms with Gasteiger partial charge in [0.2, 0.25) is 5.91 Å². The fraction of sp³-hybridized carbons (Fsp3) is 0.176. The van der Waals surface area contributed by atoms with Crippen LogP contribution in [0, 0.1) is 11.7 Å². The Kier molecular flexibility index (Phi) is 3.73. The highest BCUT2D eigenvalue weighted by atomic mass is 35.5. The van der Waals surface area contributed by atoms with Crippen LogP contribution in [0.1, 0.15) is 11.2 Å². The molecule has 2 heterocycles. The van der Waals surface area contributed by atoms with Gasteiger partial charge in [-0.1, -0.05) is 28.9 Å². The van der Waals surface area contributed by atoms with Crippen molar-refractivity contribution in [3.05, 3.63) is 53.3 Å². The zero-order valence-corrected chi connectivity index (χ0v) is 13.7. The molecule has 0 radical (unpaired) electrons. The third kappa shape index (κ3) is 2.66. The standard InChI is InChI=1S/C17H12ClFN4O2/c18-12-8-11(5-6-13(12)19)22-9-10(7-16(22)24)17(25)23-15-4-2-1-3-14(15)20-21-23/h1-6,8,10H,7,9H2. The molecule has 6 nitrogen and oxygen atoms in total. The average Bonchev–Trinajstić information content (AvgIpc) is 3.20. The van der Waals surface area contributed by atoms with Gasteiger partial charge >= 0.3 is 0 Å². The number of hydrogen-bond acceptors (Lipinski definition) is 4. The number of aromatic nitrogens is 3. The molecule has 0 saturated carbocycles. The second-order valence-electron chi connectivity index (χ2n) is 5.83. The number of rotatable bonds is 2. The number of fused-ring (bicyclic) bond motifs is 1. The van der Waals surface area contributed by atoms with Gasteiger partial charge in [-0.3, -0.25) is 9.59 Å². The first-order chi connectivity index (χ1) is 12.0. The lowest BCUT2D eigenvalue weighted by Gasteiger charge is -2.17. The molecular formula is C17H12ClFN4O2. The van der Waals surface area contributed by atoms with Crippen LogP contribution < -0.4 is 4.90 Å². The van der Waals surface area contributed by atoms with Crippen LogP contribution in [-0.4, -0.2) is 33.4 Å². The lowest BCUT2D eigenvalue weighted by Crippen LogP contribution is -2.28. The molecule has 1 saturated heterocycles. The van der Waals surface area contributed by atoms with Crippen molar-refractivity contribution in [1.82, 2.24) is 15.0 Å². The van der Waals surface area contributed by atoms with E-state index in [0.29, 0.717) is 16.7 Å². The van der Waals surface area contributed by atoms with E-state index < -0.39 is 11.7 Å². The molecule has 2 aromatic carbocycles. The highest BCUT2D eigenvalue weighted by Gasteiger charge is 2.36. The van der Waals surface area contributed by atoms with Gasteiger partial charge in [-0.05, 0) is 30.3 Å². The molecule has 1 unspecified atom stereocenters. The number of anilines is 1. The van der Waals surface area contributed by atoms with E-state index in [-0.39, 0.29) is 29.8 Å². The number of carbonyl (C=O) groups excluding carboxylic acids is 2. The smallest absolute Gasteiger partial charge is 0.254 e. The maximum absolute atomic E-state index is 13.3. The first-order valence-electron chi connectivity index (χ1n) is 7.64. The van der Waals surface area contributed by atoms with Gasteiger partial charge in [-0.2, -0.15) is 4.68 Å². The van der Waals surface area contributed by atoms with Gasteiger partial charge in [0.25, 0.3) is 5.91 Å². The Balaban J connectivity index is 1.61. The van der Waals surface area contributed by atoms with Crippen LogP contribution in [0.4, 0.5) is 10.1 Å². The monoisotopic (exact) mass is 358 g/mol. The van der Waals surface area contributed by atoms with Gasteiger partial charge < -0.3 is 4.90 Å². The van der Waals surface area contributed by atoms with E-state index in [0.717, 1.165) is 0 Å². The molecule has 126 valence electrons. The first-order valence-corrected chi connectivity index (χ1v) is 8.02. The second-order valence-corrected chi connectivity index (χ2v) is 6.24. The van der Waals surface area contributed by atoms with Crippen molar-refractivity contribution in [2.24, 2.45) is 5.92 Å². The minimum absolute atomic E-state index is 0.0576. The van der Waals surface area contributed by atoms with Gasteiger partial charge in [-0.15, -0.1) is 5.10 Å². The Morgan fingerprint density at radius 1 is 1.24 bits per heavy atom. The van der Waals surface area contributed by atoms with E-state index in [1.807, 2.05) is 6.07 Å². The predicted molar refractivity (Wildman–Crippen MR) is 90.0 cm³/mol. The Morgan fingerprint density at radius 3 is 2.84 bits per heavy atom. The van der Waals surface area contributed by atoms with E-state index in [1.54, 1.807) is 18.2 Å². The van der Waals surface area contributed by atoms with E-state index >= 15 is 0 Å². The quantitative estimate of drug-likeness (QED) is 0.706. The number of carbonyl (C=O) groups is 2. The Bertz CT molecular complexity index is 1000. The van der Waals surface area contributed by atoms with Gasteiger partial charge in [-0.25, -0.2) is 4.39 Å². The molecule has 1 amide bonds. The molecular weight excluding hydrogens is 347 g/mol. The molecule has 0 bridgehead atoms. The van der Waals surface area contributed by atoms with Crippen molar-refractivity contribution in [2.75, 3.05) is 11.4 Å². The van der Waals surface area contributed by atoms with Crippen LogP contribution in [0.3, 0.4) is 0 Å². The summed E-state index contributed by atoms with van der Waals surface area (Å²) >= 11 is 5.78. The molecule has 4 rings (SSSR count). The molecule has 0 spiro atoms. The Labute approximate surface area is 146 Å². The zero-order chi connectivity index (χ0) is 17.6. The largest absolute Gasteiger partial charge is 0.312 e. The van der Waals surface area contributed by atoms with Crippen molar-refractivity contribution in [2.45, 2.75) is 6.42 Å².